The molecule has 0 spiro atoms. The van der Waals surface area contributed by atoms with E-state index in [0.717, 1.165) is 0 Å². The highest BCUT2D eigenvalue weighted by atomic mass is 35.7. The molecule has 1 aromatic rings. The maximum Gasteiger partial charge on any atom is 0.278 e. The van der Waals surface area contributed by atoms with E-state index < -0.39 is 9.05 Å². The normalized spacial score (nSPS) is 12.1. The fraction of sp³-hybridized carbons (Fsp3) is 0.571. The van der Waals surface area contributed by atoms with E-state index >= 15 is 0 Å². The van der Waals surface area contributed by atoms with Crippen molar-refractivity contribution in [3.8, 4) is 5.88 Å². The second-order valence-electron chi connectivity index (χ2n) is 3.05. The molecule has 0 atom stereocenters. The molecule has 0 saturated heterocycles. The predicted molar refractivity (Wildman–Crippen MR) is 52.0 cm³/mol. The van der Waals surface area contributed by atoms with Crippen molar-refractivity contribution < 1.29 is 13.2 Å². The minimum atomic E-state index is -3.76. The number of hydrogen-bond donors (Lipinski definition) is 0. The number of aromatic nitrogens is 2. The van der Waals surface area contributed by atoms with Crippen LogP contribution in [0.3, 0.4) is 0 Å². The van der Waals surface area contributed by atoms with E-state index in [2.05, 4.69) is 5.10 Å². The number of halogens is 1. The molecule has 0 fully saturated rings. The van der Waals surface area contributed by atoms with Crippen LogP contribution in [-0.4, -0.2) is 24.3 Å². The SMILES string of the molecule is CC(C)Oc1cc(S(=O)(=O)Cl)n(C)n1. The smallest absolute Gasteiger partial charge is 0.278 e. The summed E-state index contributed by atoms with van der Waals surface area (Å²) in [5, 5.41) is 3.77. The molecule has 80 valence electrons. The van der Waals surface area contributed by atoms with Gasteiger partial charge >= 0.3 is 0 Å². The molecule has 0 amide bonds. The molecule has 0 aliphatic carbocycles. The highest BCUT2D eigenvalue weighted by Crippen LogP contribution is 2.19. The van der Waals surface area contributed by atoms with Gasteiger partial charge in [-0.15, -0.1) is 5.10 Å². The van der Waals surface area contributed by atoms with E-state index in [4.69, 9.17) is 15.4 Å². The van der Waals surface area contributed by atoms with E-state index in [1.165, 1.54) is 17.8 Å². The number of aryl methyl sites for hydroxylation is 1. The Morgan fingerprint density at radius 1 is 1.57 bits per heavy atom. The molecule has 0 aliphatic heterocycles. The molecule has 1 rings (SSSR count). The van der Waals surface area contributed by atoms with Crippen LogP contribution in [0, 0.1) is 0 Å². The summed E-state index contributed by atoms with van der Waals surface area (Å²) in [5.41, 5.74) is 0. The van der Waals surface area contributed by atoms with Crippen molar-refractivity contribution in [1.82, 2.24) is 9.78 Å². The molecule has 5 nitrogen and oxygen atoms in total. The monoisotopic (exact) mass is 238 g/mol. The highest BCUT2D eigenvalue weighted by Gasteiger charge is 2.18. The first kappa shape index (κ1) is 11.3. The number of hydrogen-bond acceptors (Lipinski definition) is 4. The first-order chi connectivity index (χ1) is 6.30. The van der Waals surface area contributed by atoms with Crippen molar-refractivity contribution in [2.24, 2.45) is 7.05 Å². The summed E-state index contributed by atoms with van der Waals surface area (Å²) in [6, 6.07) is 1.29. The molecule has 1 aromatic heterocycles. The molecule has 1 heterocycles. The number of nitrogens with zero attached hydrogens (tertiary/aromatic N) is 2. The third-order valence-corrected chi connectivity index (χ3v) is 2.78. The first-order valence-electron chi connectivity index (χ1n) is 3.96. The molecule has 0 aliphatic rings. The third kappa shape index (κ3) is 2.62. The lowest BCUT2D eigenvalue weighted by Crippen LogP contribution is -2.06. The molecular weight excluding hydrogens is 228 g/mol. The van der Waals surface area contributed by atoms with Crippen molar-refractivity contribution in [3.05, 3.63) is 6.07 Å². The summed E-state index contributed by atoms with van der Waals surface area (Å²) in [6.45, 7) is 3.65. The van der Waals surface area contributed by atoms with Crippen LogP contribution in [0.5, 0.6) is 5.88 Å². The van der Waals surface area contributed by atoms with Gasteiger partial charge in [0.25, 0.3) is 9.05 Å². The molecule has 14 heavy (non-hydrogen) atoms. The topological polar surface area (TPSA) is 61.2 Å². The third-order valence-electron chi connectivity index (χ3n) is 1.42. The average molecular weight is 239 g/mol. The highest BCUT2D eigenvalue weighted by molar-refractivity contribution is 8.13. The van der Waals surface area contributed by atoms with Crippen LogP contribution < -0.4 is 4.74 Å². The Morgan fingerprint density at radius 2 is 2.14 bits per heavy atom. The van der Waals surface area contributed by atoms with Gasteiger partial charge in [0.1, 0.15) is 0 Å². The van der Waals surface area contributed by atoms with Gasteiger partial charge in [-0.25, -0.2) is 8.42 Å². The zero-order chi connectivity index (χ0) is 10.9. The van der Waals surface area contributed by atoms with Crippen molar-refractivity contribution >= 4 is 19.7 Å². The van der Waals surface area contributed by atoms with Gasteiger partial charge < -0.3 is 4.74 Å². The quantitative estimate of drug-likeness (QED) is 0.741. The second kappa shape index (κ2) is 3.78. The van der Waals surface area contributed by atoms with Crippen molar-refractivity contribution in [2.45, 2.75) is 25.0 Å². The van der Waals surface area contributed by atoms with E-state index in [0.29, 0.717) is 0 Å². The van der Waals surface area contributed by atoms with Gasteiger partial charge in [-0.1, -0.05) is 0 Å². The minimum absolute atomic E-state index is 0.0595. The van der Waals surface area contributed by atoms with Crippen LogP contribution in [0.2, 0.25) is 0 Å². The molecule has 0 unspecified atom stereocenters. The Balaban J connectivity index is 3.06. The van der Waals surface area contributed by atoms with Gasteiger partial charge in [0, 0.05) is 23.8 Å². The van der Waals surface area contributed by atoms with Crippen molar-refractivity contribution in [3.63, 3.8) is 0 Å². The zero-order valence-corrected chi connectivity index (χ0v) is 9.63. The lowest BCUT2D eigenvalue weighted by Gasteiger charge is -2.03. The van der Waals surface area contributed by atoms with Crippen LogP contribution in [0.25, 0.3) is 0 Å². The fourth-order valence-corrected chi connectivity index (χ4v) is 1.98. The van der Waals surface area contributed by atoms with Crippen LogP contribution in [0.1, 0.15) is 13.8 Å². The standard InChI is InChI=1S/C7H11ClN2O3S/c1-5(2)13-6-4-7(10(3)9-6)14(8,11)12/h4-5H,1-3H3. The Hall–Kier alpha value is -0.750. The average Bonchev–Trinajstić information content (AvgIpc) is 2.27. The number of ether oxygens (including phenoxy) is 1. The molecule has 7 heteroatoms. The first-order valence-corrected chi connectivity index (χ1v) is 6.27. The van der Waals surface area contributed by atoms with Gasteiger partial charge in [-0.05, 0) is 13.8 Å². The minimum Gasteiger partial charge on any atom is -0.474 e. The largest absolute Gasteiger partial charge is 0.474 e. The summed E-state index contributed by atoms with van der Waals surface area (Å²) in [7, 11) is 2.90. The van der Waals surface area contributed by atoms with Gasteiger partial charge in [0.15, 0.2) is 5.03 Å². The summed E-state index contributed by atoms with van der Waals surface area (Å²) in [6.07, 6.45) is -0.0595. The zero-order valence-electron chi connectivity index (χ0n) is 8.06. The maximum absolute atomic E-state index is 11.0. The van der Waals surface area contributed by atoms with Crippen LogP contribution in [0.15, 0.2) is 11.1 Å². The summed E-state index contributed by atoms with van der Waals surface area (Å²) in [4.78, 5) is 0. The second-order valence-corrected chi connectivity index (χ2v) is 5.56. The van der Waals surface area contributed by atoms with Gasteiger partial charge in [0.2, 0.25) is 5.88 Å². The Morgan fingerprint density at radius 3 is 2.50 bits per heavy atom. The van der Waals surface area contributed by atoms with Crippen molar-refractivity contribution in [2.75, 3.05) is 0 Å². The van der Waals surface area contributed by atoms with E-state index in [1.807, 2.05) is 13.8 Å². The molecule has 0 radical (unpaired) electrons. The summed E-state index contributed by atoms with van der Waals surface area (Å²) < 4.78 is 28.4. The van der Waals surface area contributed by atoms with E-state index in [9.17, 15) is 8.42 Å². The lowest BCUT2D eigenvalue weighted by atomic mass is 10.5. The Kier molecular flexibility index (Phi) is 3.06. The molecular formula is C7H11ClN2O3S. The Labute approximate surface area is 87.0 Å². The lowest BCUT2D eigenvalue weighted by molar-refractivity contribution is 0.230. The Bertz CT molecular complexity index is 424. The summed E-state index contributed by atoms with van der Waals surface area (Å²) in [5.74, 6) is 0.252. The fourth-order valence-electron chi connectivity index (χ4n) is 0.952. The van der Waals surface area contributed by atoms with Crippen molar-refractivity contribution in [1.29, 1.82) is 0 Å². The van der Waals surface area contributed by atoms with Crippen LogP contribution >= 0.6 is 10.7 Å². The van der Waals surface area contributed by atoms with E-state index in [-0.39, 0.29) is 17.0 Å². The van der Waals surface area contributed by atoms with Crippen LogP contribution in [-0.2, 0) is 16.1 Å². The maximum atomic E-state index is 11.0. The predicted octanol–water partition coefficient (Wildman–Crippen LogP) is 1.13. The van der Waals surface area contributed by atoms with Gasteiger partial charge in [-0.2, -0.15) is 0 Å². The van der Waals surface area contributed by atoms with Gasteiger partial charge in [-0.3, -0.25) is 4.68 Å². The van der Waals surface area contributed by atoms with Crippen LogP contribution in [0.4, 0.5) is 0 Å². The summed E-state index contributed by atoms with van der Waals surface area (Å²) >= 11 is 0. The number of rotatable bonds is 3. The molecule has 0 bridgehead atoms. The molecule has 0 aromatic carbocycles. The van der Waals surface area contributed by atoms with Gasteiger partial charge in [0.05, 0.1) is 6.10 Å². The molecule has 0 saturated carbocycles. The van der Waals surface area contributed by atoms with E-state index in [1.54, 1.807) is 0 Å². The molecule has 0 N–H and O–H groups in total.